The van der Waals surface area contributed by atoms with Gasteiger partial charge in [-0.2, -0.15) is 0 Å². The maximum absolute atomic E-state index is 11.6. The van der Waals surface area contributed by atoms with E-state index in [0.717, 1.165) is 19.4 Å². The average Bonchev–Trinajstić information content (AvgIpc) is 2.18. The van der Waals surface area contributed by atoms with Crippen molar-refractivity contribution >= 4 is 17.4 Å². The summed E-state index contributed by atoms with van der Waals surface area (Å²) in [6.45, 7) is 0.759. The van der Waals surface area contributed by atoms with Crippen molar-refractivity contribution in [1.29, 1.82) is 0 Å². The second kappa shape index (κ2) is 3.65. The van der Waals surface area contributed by atoms with Crippen LogP contribution < -0.4 is 10.6 Å². The lowest BCUT2D eigenvalue weighted by atomic mass is 10.1. The molecule has 4 heteroatoms. The molecule has 0 saturated carbocycles. The molecule has 0 aliphatic carbocycles. The van der Waals surface area contributed by atoms with Gasteiger partial charge >= 0.3 is 0 Å². The summed E-state index contributed by atoms with van der Waals surface area (Å²) in [6, 6.07) is 3.46. The number of piperidine rings is 1. The number of carbonyl (C=O) groups is 1. The van der Waals surface area contributed by atoms with Crippen LogP contribution in [0.4, 0.5) is 11.5 Å². The number of nitrogen functional groups attached to an aromatic ring is 1. The number of rotatable bonds is 1. The number of pyridine rings is 1. The first-order chi connectivity index (χ1) is 6.77. The minimum Gasteiger partial charge on any atom is -0.399 e. The molecule has 4 nitrogen and oxygen atoms in total. The lowest BCUT2D eigenvalue weighted by Crippen LogP contribution is -2.35. The van der Waals surface area contributed by atoms with Gasteiger partial charge in [0.15, 0.2) is 0 Å². The van der Waals surface area contributed by atoms with Crippen LogP contribution in [0, 0.1) is 0 Å². The van der Waals surface area contributed by atoms with Crippen LogP contribution in [0.1, 0.15) is 19.3 Å². The van der Waals surface area contributed by atoms with Crippen molar-refractivity contribution in [2.75, 3.05) is 17.2 Å². The van der Waals surface area contributed by atoms with Crippen molar-refractivity contribution in [2.24, 2.45) is 0 Å². The number of nitrogens with zero attached hydrogens (tertiary/aromatic N) is 2. The highest BCUT2D eigenvalue weighted by Gasteiger charge is 2.20. The number of amides is 1. The molecule has 1 aliphatic rings. The molecule has 2 N–H and O–H groups in total. The minimum atomic E-state index is 0.148. The third kappa shape index (κ3) is 1.69. The van der Waals surface area contributed by atoms with Crippen molar-refractivity contribution in [2.45, 2.75) is 19.3 Å². The molecule has 1 aliphatic heterocycles. The van der Waals surface area contributed by atoms with E-state index >= 15 is 0 Å². The monoisotopic (exact) mass is 191 g/mol. The van der Waals surface area contributed by atoms with Crippen LogP contribution in [0.2, 0.25) is 0 Å². The van der Waals surface area contributed by atoms with Gasteiger partial charge in [-0.3, -0.25) is 9.69 Å². The normalized spacial score (nSPS) is 17.1. The first-order valence-electron chi connectivity index (χ1n) is 4.79. The second-order valence-corrected chi connectivity index (χ2v) is 3.45. The zero-order chi connectivity index (χ0) is 9.97. The maximum atomic E-state index is 11.6. The summed E-state index contributed by atoms with van der Waals surface area (Å²) in [4.78, 5) is 17.4. The van der Waals surface area contributed by atoms with E-state index in [9.17, 15) is 4.79 Å². The molecular weight excluding hydrogens is 178 g/mol. The highest BCUT2D eigenvalue weighted by atomic mass is 16.2. The second-order valence-electron chi connectivity index (χ2n) is 3.45. The third-order valence-electron chi connectivity index (χ3n) is 2.37. The summed E-state index contributed by atoms with van der Waals surface area (Å²) < 4.78 is 0. The van der Waals surface area contributed by atoms with E-state index in [-0.39, 0.29) is 5.91 Å². The first-order valence-corrected chi connectivity index (χ1v) is 4.79. The Labute approximate surface area is 82.7 Å². The Hall–Kier alpha value is -1.58. The van der Waals surface area contributed by atoms with Gasteiger partial charge in [0.05, 0.1) is 0 Å². The Morgan fingerprint density at radius 2 is 2.29 bits per heavy atom. The standard InChI is InChI=1S/C10H13N3O/c11-8-4-5-12-9(7-8)13-6-2-1-3-10(13)14/h4-5,7H,1-3,6H2,(H2,11,12). The zero-order valence-corrected chi connectivity index (χ0v) is 7.94. The van der Waals surface area contributed by atoms with Crippen molar-refractivity contribution < 1.29 is 4.79 Å². The molecule has 0 spiro atoms. The van der Waals surface area contributed by atoms with Crippen LogP contribution in [0.25, 0.3) is 0 Å². The molecule has 0 atom stereocenters. The summed E-state index contributed by atoms with van der Waals surface area (Å²) in [7, 11) is 0. The van der Waals surface area contributed by atoms with E-state index in [4.69, 9.17) is 5.73 Å². The predicted octanol–water partition coefficient (Wildman–Crippen LogP) is 1.18. The van der Waals surface area contributed by atoms with Crippen molar-refractivity contribution in [3.63, 3.8) is 0 Å². The Bertz CT molecular complexity index is 351. The van der Waals surface area contributed by atoms with Crippen molar-refractivity contribution in [3.8, 4) is 0 Å². The van der Waals surface area contributed by atoms with Crippen LogP contribution in [0.5, 0.6) is 0 Å². The first kappa shape index (κ1) is 8.99. The van der Waals surface area contributed by atoms with Crippen LogP contribution in [-0.2, 0) is 4.79 Å². The predicted molar refractivity (Wildman–Crippen MR) is 54.9 cm³/mol. The molecule has 1 saturated heterocycles. The summed E-state index contributed by atoms with van der Waals surface area (Å²) in [5.74, 6) is 0.823. The fourth-order valence-corrected chi connectivity index (χ4v) is 1.63. The van der Waals surface area contributed by atoms with Crippen molar-refractivity contribution in [1.82, 2.24) is 4.98 Å². The van der Waals surface area contributed by atoms with Crippen LogP contribution in [-0.4, -0.2) is 17.4 Å². The van der Waals surface area contributed by atoms with Crippen molar-refractivity contribution in [3.05, 3.63) is 18.3 Å². The Morgan fingerprint density at radius 1 is 1.43 bits per heavy atom. The van der Waals surface area contributed by atoms with Crippen LogP contribution in [0.15, 0.2) is 18.3 Å². The van der Waals surface area contributed by atoms with E-state index in [2.05, 4.69) is 4.98 Å². The fourth-order valence-electron chi connectivity index (χ4n) is 1.63. The molecule has 0 unspecified atom stereocenters. The Morgan fingerprint density at radius 3 is 3.00 bits per heavy atom. The van der Waals surface area contributed by atoms with Gasteiger partial charge in [-0.15, -0.1) is 0 Å². The third-order valence-corrected chi connectivity index (χ3v) is 2.37. The number of carbonyl (C=O) groups excluding carboxylic acids is 1. The van der Waals surface area contributed by atoms with Gasteiger partial charge in [-0.1, -0.05) is 0 Å². The van der Waals surface area contributed by atoms with E-state index in [1.54, 1.807) is 23.2 Å². The average molecular weight is 191 g/mol. The van der Waals surface area contributed by atoms with Gasteiger partial charge < -0.3 is 5.73 Å². The Kier molecular flexibility index (Phi) is 2.35. The largest absolute Gasteiger partial charge is 0.399 e. The molecule has 1 fully saturated rings. The molecule has 74 valence electrons. The van der Waals surface area contributed by atoms with Crippen LogP contribution >= 0.6 is 0 Å². The van der Waals surface area contributed by atoms with E-state index in [0.29, 0.717) is 17.9 Å². The highest BCUT2D eigenvalue weighted by Crippen LogP contribution is 2.19. The number of nitrogens with two attached hydrogens (primary N) is 1. The Balaban J connectivity index is 2.24. The molecule has 0 bridgehead atoms. The molecule has 1 aromatic rings. The zero-order valence-electron chi connectivity index (χ0n) is 7.94. The number of hydrogen-bond donors (Lipinski definition) is 1. The van der Waals surface area contributed by atoms with Gasteiger partial charge in [-0.05, 0) is 18.9 Å². The molecule has 0 radical (unpaired) electrons. The molecular formula is C10H13N3O. The van der Waals surface area contributed by atoms with E-state index in [1.165, 1.54) is 0 Å². The molecule has 1 amide bonds. The number of aromatic nitrogens is 1. The molecule has 2 rings (SSSR count). The van der Waals surface area contributed by atoms with Gasteiger partial charge in [0.2, 0.25) is 5.91 Å². The van der Waals surface area contributed by atoms with E-state index < -0.39 is 0 Å². The molecule has 1 aromatic heterocycles. The minimum absolute atomic E-state index is 0.148. The summed E-state index contributed by atoms with van der Waals surface area (Å²) in [5.41, 5.74) is 6.28. The number of hydrogen-bond acceptors (Lipinski definition) is 3. The molecule has 0 aromatic carbocycles. The molecule has 2 heterocycles. The fraction of sp³-hybridized carbons (Fsp3) is 0.400. The number of anilines is 2. The quantitative estimate of drug-likeness (QED) is 0.725. The van der Waals surface area contributed by atoms with Gasteiger partial charge in [0.25, 0.3) is 0 Å². The van der Waals surface area contributed by atoms with Gasteiger partial charge in [-0.25, -0.2) is 4.98 Å². The van der Waals surface area contributed by atoms with E-state index in [1.807, 2.05) is 0 Å². The maximum Gasteiger partial charge on any atom is 0.228 e. The SMILES string of the molecule is Nc1ccnc(N2CCCCC2=O)c1. The summed E-state index contributed by atoms with van der Waals surface area (Å²) in [6.07, 6.45) is 4.28. The highest BCUT2D eigenvalue weighted by molar-refractivity contribution is 5.93. The smallest absolute Gasteiger partial charge is 0.228 e. The lowest BCUT2D eigenvalue weighted by molar-refractivity contribution is -0.119. The molecule has 14 heavy (non-hydrogen) atoms. The van der Waals surface area contributed by atoms with Gasteiger partial charge in [0.1, 0.15) is 5.82 Å². The lowest BCUT2D eigenvalue weighted by Gasteiger charge is -2.25. The van der Waals surface area contributed by atoms with Crippen LogP contribution in [0.3, 0.4) is 0 Å². The van der Waals surface area contributed by atoms with Gasteiger partial charge in [0, 0.05) is 30.9 Å². The summed E-state index contributed by atoms with van der Waals surface area (Å²) in [5, 5.41) is 0. The topological polar surface area (TPSA) is 59.2 Å². The summed E-state index contributed by atoms with van der Waals surface area (Å²) >= 11 is 0.